The van der Waals surface area contributed by atoms with Crippen LogP contribution in [0.3, 0.4) is 0 Å². The molecule has 0 spiro atoms. The largest absolute Gasteiger partial charge is 0.393 e. The first-order valence-corrected chi connectivity index (χ1v) is 7.96. The van der Waals surface area contributed by atoms with Crippen molar-refractivity contribution in [1.29, 1.82) is 0 Å². The molecule has 0 radical (unpaired) electrons. The van der Waals surface area contributed by atoms with Gasteiger partial charge in [0.2, 0.25) is 0 Å². The van der Waals surface area contributed by atoms with Gasteiger partial charge in [0.25, 0.3) is 5.91 Å². The molecule has 0 atom stereocenters. The van der Waals surface area contributed by atoms with Crippen LogP contribution in [0, 0.1) is 5.41 Å². The lowest BCUT2D eigenvalue weighted by Crippen LogP contribution is -2.46. The molecule has 1 aromatic rings. The van der Waals surface area contributed by atoms with Gasteiger partial charge in [0.1, 0.15) is 0 Å². The normalized spacial score (nSPS) is 17.9. The third-order valence-electron chi connectivity index (χ3n) is 3.93. The van der Waals surface area contributed by atoms with Gasteiger partial charge in [-0.3, -0.25) is 4.79 Å². The summed E-state index contributed by atoms with van der Waals surface area (Å²) < 4.78 is 0.731. The van der Waals surface area contributed by atoms with Gasteiger partial charge in [-0.05, 0) is 40.9 Å². The zero-order valence-corrected chi connectivity index (χ0v) is 14.3. The highest BCUT2D eigenvalue weighted by Crippen LogP contribution is 2.33. The van der Waals surface area contributed by atoms with E-state index in [-0.39, 0.29) is 11.3 Å². The molecule has 2 N–H and O–H groups in total. The first kappa shape index (κ1) is 15.7. The van der Waals surface area contributed by atoms with Crippen molar-refractivity contribution in [3.63, 3.8) is 0 Å². The van der Waals surface area contributed by atoms with Gasteiger partial charge in [-0.1, -0.05) is 36.8 Å². The van der Waals surface area contributed by atoms with E-state index in [1.807, 2.05) is 17.0 Å². The maximum atomic E-state index is 12.5. The highest BCUT2D eigenvalue weighted by molar-refractivity contribution is 9.10. The van der Waals surface area contributed by atoms with Crippen molar-refractivity contribution >= 4 is 50.6 Å². The summed E-state index contributed by atoms with van der Waals surface area (Å²) in [7, 11) is 0. The molecular formula is C14H16BrClN2OS. The third kappa shape index (κ3) is 3.00. The first-order valence-electron chi connectivity index (χ1n) is 6.38. The monoisotopic (exact) mass is 374 g/mol. The molecule has 1 aliphatic rings. The maximum Gasteiger partial charge on any atom is 0.255 e. The Kier molecular flexibility index (Phi) is 4.72. The van der Waals surface area contributed by atoms with Crippen molar-refractivity contribution in [2.24, 2.45) is 11.1 Å². The zero-order chi connectivity index (χ0) is 14.9. The molecule has 1 heterocycles. The number of benzene rings is 1. The van der Waals surface area contributed by atoms with Gasteiger partial charge in [-0.25, -0.2) is 0 Å². The number of nitrogens with two attached hydrogens (primary N) is 1. The van der Waals surface area contributed by atoms with Crippen LogP contribution in [-0.2, 0) is 0 Å². The van der Waals surface area contributed by atoms with Gasteiger partial charge < -0.3 is 10.6 Å². The standard InChI is InChI=1S/C14H16BrClN2OS/c1-14(13(17)20)5-7-18(8-6-14)12(19)9-3-2-4-10(15)11(9)16/h2-4H,5-8H2,1H3,(H2,17,20). The van der Waals surface area contributed by atoms with Crippen LogP contribution < -0.4 is 5.73 Å². The number of piperidine rings is 1. The average molecular weight is 376 g/mol. The molecule has 0 saturated carbocycles. The van der Waals surface area contributed by atoms with Gasteiger partial charge in [0.05, 0.1) is 15.6 Å². The van der Waals surface area contributed by atoms with Crippen molar-refractivity contribution in [2.75, 3.05) is 13.1 Å². The molecule has 1 fully saturated rings. The minimum atomic E-state index is -0.146. The average Bonchev–Trinajstić information content (AvgIpc) is 2.42. The number of nitrogens with zero attached hydrogens (tertiary/aromatic N) is 1. The molecule has 1 saturated heterocycles. The number of likely N-dealkylation sites (tertiary alicyclic amines) is 1. The van der Waals surface area contributed by atoms with Crippen LogP contribution in [0.2, 0.25) is 5.02 Å². The molecule has 3 nitrogen and oxygen atoms in total. The van der Waals surface area contributed by atoms with Gasteiger partial charge in [0.15, 0.2) is 0 Å². The van der Waals surface area contributed by atoms with E-state index < -0.39 is 0 Å². The predicted molar refractivity (Wildman–Crippen MR) is 89.2 cm³/mol. The van der Waals surface area contributed by atoms with Gasteiger partial charge in [0, 0.05) is 23.0 Å². The number of hydrogen-bond acceptors (Lipinski definition) is 2. The lowest BCUT2D eigenvalue weighted by Gasteiger charge is -2.38. The van der Waals surface area contributed by atoms with E-state index >= 15 is 0 Å². The first-order chi connectivity index (χ1) is 9.35. The summed E-state index contributed by atoms with van der Waals surface area (Å²) in [6.45, 7) is 3.36. The number of carbonyl (C=O) groups is 1. The zero-order valence-electron chi connectivity index (χ0n) is 11.2. The summed E-state index contributed by atoms with van der Waals surface area (Å²) in [6.07, 6.45) is 1.58. The lowest BCUT2D eigenvalue weighted by molar-refractivity contribution is 0.0670. The number of halogens is 2. The van der Waals surface area contributed by atoms with Gasteiger partial charge >= 0.3 is 0 Å². The Balaban J connectivity index is 2.13. The third-order valence-corrected chi connectivity index (χ3v) is 5.72. The molecule has 2 rings (SSSR count). The lowest BCUT2D eigenvalue weighted by atomic mass is 9.80. The second-order valence-electron chi connectivity index (χ2n) is 5.32. The van der Waals surface area contributed by atoms with Crippen molar-refractivity contribution in [3.8, 4) is 0 Å². The predicted octanol–water partition coefficient (Wildman–Crippen LogP) is 3.63. The van der Waals surface area contributed by atoms with Crippen LogP contribution in [0.5, 0.6) is 0 Å². The Hall–Kier alpha value is -0.650. The Labute approximate surface area is 137 Å². The minimum Gasteiger partial charge on any atom is -0.393 e. The number of hydrogen-bond donors (Lipinski definition) is 1. The molecule has 0 aromatic heterocycles. The van der Waals surface area contributed by atoms with Crippen LogP contribution >= 0.6 is 39.7 Å². The number of thiocarbonyl (C=S) groups is 1. The molecule has 6 heteroatoms. The summed E-state index contributed by atoms with van der Waals surface area (Å²) >= 11 is 14.6. The Morgan fingerprint density at radius 1 is 1.45 bits per heavy atom. The molecule has 1 amide bonds. The Morgan fingerprint density at radius 3 is 2.60 bits per heavy atom. The van der Waals surface area contributed by atoms with Crippen LogP contribution in [0.25, 0.3) is 0 Å². The second-order valence-corrected chi connectivity index (χ2v) is 6.99. The van der Waals surface area contributed by atoms with Crippen molar-refractivity contribution in [1.82, 2.24) is 4.90 Å². The van der Waals surface area contributed by atoms with E-state index in [0.717, 1.165) is 17.3 Å². The number of amides is 1. The van der Waals surface area contributed by atoms with E-state index in [9.17, 15) is 4.79 Å². The van der Waals surface area contributed by atoms with Crippen LogP contribution in [0.4, 0.5) is 0 Å². The smallest absolute Gasteiger partial charge is 0.255 e. The number of rotatable bonds is 2. The van der Waals surface area contributed by atoms with Crippen molar-refractivity contribution in [2.45, 2.75) is 19.8 Å². The summed E-state index contributed by atoms with van der Waals surface area (Å²) in [5, 5.41) is 0.459. The van der Waals surface area contributed by atoms with Gasteiger partial charge in [-0.2, -0.15) is 0 Å². The van der Waals surface area contributed by atoms with E-state index in [4.69, 9.17) is 29.6 Å². The molecule has 0 unspecified atom stereocenters. The Bertz CT molecular complexity index is 556. The van der Waals surface area contributed by atoms with E-state index in [2.05, 4.69) is 22.9 Å². The molecule has 20 heavy (non-hydrogen) atoms. The van der Waals surface area contributed by atoms with Crippen LogP contribution in [-0.4, -0.2) is 28.9 Å². The fraction of sp³-hybridized carbons (Fsp3) is 0.429. The van der Waals surface area contributed by atoms with E-state index in [1.54, 1.807) is 6.07 Å². The summed E-state index contributed by atoms with van der Waals surface area (Å²) in [6, 6.07) is 5.38. The maximum absolute atomic E-state index is 12.5. The fourth-order valence-corrected chi connectivity index (χ4v) is 3.07. The van der Waals surface area contributed by atoms with Gasteiger partial charge in [-0.15, -0.1) is 0 Å². The van der Waals surface area contributed by atoms with Crippen molar-refractivity contribution in [3.05, 3.63) is 33.3 Å². The summed E-state index contributed by atoms with van der Waals surface area (Å²) in [4.78, 5) is 14.9. The number of carbonyl (C=O) groups excluding carboxylic acids is 1. The summed E-state index contributed by atoms with van der Waals surface area (Å²) in [5.74, 6) is -0.0405. The molecule has 108 valence electrons. The van der Waals surface area contributed by atoms with E-state index in [1.165, 1.54) is 0 Å². The quantitative estimate of drug-likeness (QED) is 0.803. The van der Waals surface area contributed by atoms with E-state index in [0.29, 0.717) is 28.7 Å². The van der Waals surface area contributed by atoms with Crippen LogP contribution in [0.1, 0.15) is 30.1 Å². The SMILES string of the molecule is CC1(C(N)=S)CCN(C(=O)c2cccc(Br)c2Cl)CC1. The summed E-state index contributed by atoms with van der Waals surface area (Å²) in [5.41, 5.74) is 6.16. The highest BCUT2D eigenvalue weighted by atomic mass is 79.9. The van der Waals surface area contributed by atoms with Crippen molar-refractivity contribution < 1.29 is 4.79 Å². The molecular weight excluding hydrogens is 360 g/mol. The Morgan fingerprint density at radius 2 is 2.05 bits per heavy atom. The topological polar surface area (TPSA) is 46.3 Å². The molecule has 1 aliphatic heterocycles. The van der Waals surface area contributed by atoms with Crippen LogP contribution in [0.15, 0.2) is 22.7 Å². The second kappa shape index (κ2) is 6.00. The highest BCUT2D eigenvalue weighted by Gasteiger charge is 2.34. The molecule has 0 bridgehead atoms. The molecule has 0 aliphatic carbocycles. The minimum absolute atomic E-state index is 0.0405. The molecule has 1 aromatic carbocycles. The fourth-order valence-electron chi connectivity index (χ4n) is 2.29.